The number of fused-ring (bicyclic) bond motifs is 1. The largest absolute Gasteiger partial charge is 0.481 e. The van der Waals surface area contributed by atoms with Crippen LogP contribution in [0.15, 0.2) is 0 Å². The monoisotopic (exact) mass is 185 g/mol. The first kappa shape index (κ1) is 8.97. The molecule has 1 saturated carbocycles. The molecular formula is C9H15NO3. The van der Waals surface area contributed by atoms with E-state index in [1.165, 1.54) is 0 Å². The molecule has 4 heteroatoms. The van der Waals surface area contributed by atoms with E-state index in [1.54, 1.807) is 0 Å². The molecule has 0 aromatic heterocycles. The van der Waals surface area contributed by atoms with Gasteiger partial charge in [-0.3, -0.25) is 4.79 Å². The molecule has 74 valence electrons. The van der Waals surface area contributed by atoms with E-state index in [0.29, 0.717) is 6.42 Å². The molecule has 3 N–H and O–H groups in total. The van der Waals surface area contributed by atoms with Gasteiger partial charge in [0.25, 0.3) is 0 Å². The molecule has 1 saturated heterocycles. The van der Waals surface area contributed by atoms with E-state index in [4.69, 9.17) is 15.6 Å². The van der Waals surface area contributed by atoms with Gasteiger partial charge in [0.15, 0.2) is 0 Å². The number of ether oxygens (including phenoxy) is 1. The lowest BCUT2D eigenvalue weighted by molar-refractivity contribution is -0.155. The average Bonchev–Trinajstić information content (AvgIpc) is 2.02. The summed E-state index contributed by atoms with van der Waals surface area (Å²) in [6, 6.07) is 0. The van der Waals surface area contributed by atoms with Crippen LogP contribution in [-0.4, -0.2) is 29.3 Å². The molecule has 0 radical (unpaired) electrons. The molecule has 1 heterocycles. The third-order valence-electron chi connectivity index (χ3n) is 3.24. The third-order valence-corrected chi connectivity index (χ3v) is 3.24. The molecule has 0 bridgehead atoms. The van der Waals surface area contributed by atoms with E-state index in [0.717, 1.165) is 19.4 Å². The van der Waals surface area contributed by atoms with Crippen LogP contribution >= 0.6 is 0 Å². The summed E-state index contributed by atoms with van der Waals surface area (Å²) in [5, 5.41) is 8.68. The molecular weight excluding hydrogens is 170 g/mol. The zero-order valence-corrected chi connectivity index (χ0v) is 7.53. The maximum absolute atomic E-state index is 10.6. The second kappa shape index (κ2) is 2.96. The standard InChI is InChI=1S/C9H15NO3/c10-9(5-8(11)12)4-7-6(9)2-1-3-13-7/h6-7H,1-5,10H2,(H,11,12)/t6-,7-,9?/m0/s1. The highest BCUT2D eigenvalue weighted by Crippen LogP contribution is 2.46. The van der Waals surface area contributed by atoms with Crippen LogP contribution in [0.2, 0.25) is 0 Å². The summed E-state index contributed by atoms with van der Waals surface area (Å²) in [4.78, 5) is 10.6. The van der Waals surface area contributed by atoms with Crippen molar-refractivity contribution in [2.45, 2.75) is 37.3 Å². The molecule has 0 aromatic rings. The first-order valence-electron chi connectivity index (χ1n) is 4.74. The van der Waals surface area contributed by atoms with E-state index in [-0.39, 0.29) is 18.4 Å². The third kappa shape index (κ3) is 1.44. The van der Waals surface area contributed by atoms with Gasteiger partial charge in [-0.15, -0.1) is 0 Å². The van der Waals surface area contributed by atoms with Crippen LogP contribution in [0, 0.1) is 5.92 Å². The summed E-state index contributed by atoms with van der Waals surface area (Å²) in [5.74, 6) is -0.524. The zero-order valence-electron chi connectivity index (χ0n) is 7.53. The van der Waals surface area contributed by atoms with E-state index in [9.17, 15) is 4.79 Å². The number of carboxylic acid groups (broad SMARTS) is 1. The summed E-state index contributed by atoms with van der Waals surface area (Å²) in [7, 11) is 0. The maximum atomic E-state index is 10.6. The Morgan fingerprint density at radius 2 is 2.46 bits per heavy atom. The first-order chi connectivity index (χ1) is 6.12. The highest BCUT2D eigenvalue weighted by Gasteiger charge is 2.53. The summed E-state index contributed by atoms with van der Waals surface area (Å²) in [6.07, 6.45) is 3.06. The second-order valence-corrected chi connectivity index (χ2v) is 4.17. The summed E-state index contributed by atoms with van der Waals surface area (Å²) in [5.41, 5.74) is 5.51. The van der Waals surface area contributed by atoms with Crippen molar-refractivity contribution in [3.63, 3.8) is 0 Å². The van der Waals surface area contributed by atoms with Crippen LogP contribution in [0.5, 0.6) is 0 Å². The van der Waals surface area contributed by atoms with Crippen LogP contribution in [0.1, 0.15) is 25.7 Å². The fourth-order valence-electron chi connectivity index (χ4n) is 2.55. The fourth-order valence-corrected chi connectivity index (χ4v) is 2.55. The van der Waals surface area contributed by atoms with Crippen molar-refractivity contribution in [3.05, 3.63) is 0 Å². The highest BCUT2D eigenvalue weighted by atomic mass is 16.5. The van der Waals surface area contributed by atoms with Crippen LogP contribution in [0.25, 0.3) is 0 Å². The molecule has 1 aliphatic carbocycles. The number of carboxylic acids is 1. The Hall–Kier alpha value is -0.610. The van der Waals surface area contributed by atoms with Crippen molar-refractivity contribution in [1.82, 2.24) is 0 Å². The van der Waals surface area contributed by atoms with Gasteiger partial charge in [0.05, 0.1) is 12.5 Å². The van der Waals surface area contributed by atoms with Crippen molar-refractivity contribution in [3.8, 4) is 0 Å². The lowest BCUT2D eigenvalue weighted by atomic mass is 9.60. The summed E-state index contributed by atoms with van der Waals surface area (Å²) < 4.78 is 5.48. The van der Waals surface area contributed by atoms with Crippen LogP contribution in [-0.2, 0) is 9.53 Å². The van der Waals surface area contributed by atoms with Crippen LogP contribution < -0.4 is 5.73 Å². The van der Waals surface area contributed by atoms with Crippen molar-refractivity contribution in [2.24, 2.45) is 11.7 Å². The molecule has 0 amide bonds. The molecule has 0 spiro atoms. The van der Waals surface area contributed by atoms with Gasteiger partial charge < -0.3 is 15.6 Å². The molecule has 2 aliphatic rings. The number of aliphatic carboxylic acids is 1. The lowest BCUT2D eigenvalue weighted by Crippen LogP contribution is -2.66. The molecule has 13 heavy (non-hydrogen) atoms. The summed E-state index contributed by atoms with van der Waals surface area (Å²) >= 11 is 0. The maximum Gasteiger partial charge on any atom is 0.305 e. The fraction of sp³-hybridized carbons (Fsp3) is 0.889. The smallest absolute Gasteiger partial charge is 0.305 e. The van der Waals surface area contributed by atoms with Gasteiger partial charge in [0, 0.05) is 18.1 Å². The molecule has 1 unspecified atom stereocenters. The average molecular weight is 185 g/mol. The quantitative estimate of drug-likeness (QED) is 0.651. The van der Waals surface area contributed by atoms with Gasteiger partial charge >= 0.3 is 5.97 Å². The molecule has 4 nitrogen and oxygen atoms in total. The minimum Gasteiger partial charge on any atom is -0.481 e. The molecule has 3 atom stereocenters. The van der Waals surface area contributed by atoms with Crippen molar-refractivity contribution in [1.29, 1.82) is 0 Å². The Morgan fingerprint density at radius 3 is 3.08 bits per heavy atom. The van der Waals surface area contributed by atoms with Crippen molar-refractivity contribution < 1.29 is 14.6 Å². The van der Waals surface area contributed by atoms with E-state index in [1.807, 2.05) is 0 Å². The Kier molecular flexibility index (Phi) is 2.04. The van der Waals surface area contributed by atoms with Crippen molar-refractivity contribution in [2.75, 3.05) is 6.61 Å². The first-order valence-corrected chi connectivity index (χ1v) is 4.74. The van der Waals surface area contributed by atoms with Gasteiger partial charge in [-0.2, -0.15) is 0 Å². The SMILES string of the molecule is NC1(CC(=O)O)C[C@@H]2OCCC[C@@H]21. The Morgan fingerprint density at radius 1 is 1.69 bits per heavy atom. The number of hydrogen-bond donors (Lipinski definition) is 2. The molecule has 2 fully saturated rings. The van der Waals surface area contributed by atoms with Crippen LogP contribution in [0.4, 0.5) is 0 Å². The summed E-state index contributed by atoms with van der Waals surface area (Å²) in [6.45, 7) is 0.810. The van der Waals surface area contributed by atoms with Gasteiger partial charge in [0.2, 0.25) is 0 Å². The van der Waals surface area contributed by atoms with E-state index in [2.05, 4.69) is 0 Å². The Bertz CT molecular complexity index is 231. The van der Waals surface area contributed by atoms with Gasteiger partial charge in [-0.05, 0) is 19.3 Å². The molecule has 1 aliphatic heterocycles. The predicted molar refractivity (Wildman–Crippen MR) is 46.3 cm³/mol. The lowest BCUT2D eigenvalue weighted by Gasteiger charge is -2.54. The number of hydrogen-bond acceptors (Lipinski definition) is 3. The Labute approximate surface area is 77.1 Å². The topological polar surface area (TPSA) is 72.6 Å². The highest BCUT2D eigenvalue weighted by molar-refractivity contribution is 5.68. The minimum atomic E-state index is -0.800. The minimum absolute atomic E-state index is 0.0809. The van der Waals surface area contributed by atoms with Gasteiger partial charge in [0.1, 0.15) is 0 Å². The molecule has 0 aromatic carbocycles. The second-order valence-electron chi connectivity index (χ2n) is 4.17. The van der Waals surface area contributed by atoms with E-state index >= 15 is 0 Å². The zero-order chi connectivity index (χ0) is 9.47. The van der Waals surface area contributed by atoms with Crippen molar-refractivity contribution >= 4 is 5.97 Å². The normalized spacial score (nSPS) is 43.5. The molecule has 2 rings (SSSR count). The number of rotatable bonds is 2. The predicted octanol–water partition coefficient (Wildman–Crippen LogP) is 0.357. The number of carbonyl (C=O) groups is 1. The number of nitrogens with two attached hydrogens (primary N) is 1. The van der Waals surface area contributed by atoms with Gasteiger partial charge in [-0.1, -0.05) is 0 Å². The van der Waals surface area contributed by atoms with Crippen LogP contribution in [0.3, 0.4) is 0 Å². The van der Waals surface area contributed by atoms with Gasteiger partial charge in [-0.25, -0.2) is 0 Å². The Balaban J connectivity index is 1.98. The van der Waals surface area contributed by atoms with E-state index < -0.39 is 11.5 Å².